The summed E-state index contributed by atoms with van der Waals surface area (Å²) in [6.45, 7) is 5.13. The lowest BCUT2D eigenvalue weighted by molar-refractivity contribution is 0.0773. The Kier molecular flexibility index (Phi) is 6.80. The van der Waals surface area contributed by atoms with E-state index in [0.29, 0.717) is 18.7 Å². The van der Waals surface area contributed by atoms with Crippen LogP contribution in [0.15, 0.2) is 29.2 Å². The van der Waals surface area contributed by atoms with Gasteiger partial charge in [-0.2, -0.15) is 0 Å². The zero-order valence-electron chi connectivity index (χ0n) is 14.6. The third-order valence-electron chi connectivity index (χ3n) is 4.64. The van der Waals surface area contributed by atoms with Gasteiger partial charge in [0.15, 0.2) is 0 Å². The molecule has 0 atom stereocenters. The predicted octanol–water partition coefficient (Wildman–Crippen LogP) is 3.17. The largest absolute Gasteiger partial charge is 0.339 e. The van der Waals surface area contributed by atoms with Crippen molar-refractivity contribution in [1.29, 1.82) is 0 Å². The maximum atomic E-state index is 12.5. The van der Waals surface area contributed by atoms with Gasteiger partial charge in [-0.05, 0) is 51.0 Å². The summed E-state index contributed by atoms with van der Waals surface area (Å²) in [5.74, 6) is -0.0688. The number of hydrogen-bond donors (Lipinski definition) is 1. The van der Waals surface area contributed by atoms with Crippen LogP contribution in [0.1, 0.15) is 62.7 Å². The van der Waals surface area contributed by atoms with Gasteiger partial charge in [-0.25, -0.2) is 13.1 Å². The first-order valence-electron chi connectivity index (χ1n) is 8.89. The summed E-state index contributed by atoms with van der Waals surface area (Å²) >= 11 is 0. The van der Waals surface area contributed by atoms with Crippen LogP contribution in [0.5, 0.6) is 0 Å². The molecular weight excluding hydrogens is 324 g/mol. The summed E-state index contributed by atoms with van der Waals surface area (Å²) in [6.07, 6.45) is 6.31. The molecule has 24 heavy (non-hydrogen) atoms. The van der Waals surface area contributed by atoms with E-state index in [1.807, 2.05) is 13.8 Å². The number of carbonyl (C=O) groups is 1. The monoisotopic (exact) mass is 352 g/mol. The summed E-state index contributed by atoms with van der Waals surface area (Å²) in [4.78, 5) is 14.2. The molecule has 1 aromatic rings. The first-order chi connectivity index (χ1) is 11.5. The van der Waals surface area contributed by atoms with Crippen molar-refractivity contribution in [3.05, 3.63) is 29.8 Å². The fraction of sp³-hybridized carbons (Fsp3) is 0.611. The number of nitrogens with one attached hydrogen (secondary N) is 1. The maximum Gasteiger partial charge on any atom is 0.253 e. The second-order valence-electron chi connectivity index (χ2n) is 6.31. The lowest BCUT2D eigenvalue weighted by atomic mass is 10.1. The fourth-order valence-corrected chi connectivity index (χ4v) is 4.46. The van der Waals surface area contributed by atoms with E-state index in [4.69, 9.17) is 0 Å². The van der Waals surface area contributed by atoms with E-state index in [-0.39, 0.29) is 16.8 Å². The molecule has 0 heterocycles. The zero-order valence-corrected chi connectivity index (χ0v) is 15.4. The smallest absolute Gasteiger partial charge is 0.253 e. The van der Waals surface area contributed by atoms with Gasteiger partial charge in [-0.15, -0.1) is 0 Å². The minimum absolute atomic E-state index is 0.0227. The van der Waals surface area contributed by atoms with E-state index in [1.54, 1.807) is 17.0 Å². The van der Waals surface area contributed by atoms with Crippen LogP contribution in [0.2, 0.25) is 0 Å². The molecule has 1 amide bonds. The summed E-state index contributed by atoms with van der Waals surface area (Å²) in [7, 11) is -3.52. The number of rotatable bonds is 6. The molecule has 0 spiro atoms. The van der Waals surface area contributed by atoms with E-state index < -0.39 is 10.0 Å². The summed E-state index contributed by atoms with van der Waals surface area (Å²) in [5.41, 5.74) is 0.520. The van der Waals surface area contributed by atoms with Crippen molar-refractivity contribution in [2.75, 3.05) is 13.1 Å². The minimum atomic E-state index is -3.52. The average molecular weight is 353 g/mol. The van der Waals surface area contributed by atoms with E-state index in [2.05, 4.69) is 4.72 Å². The Labute approximate surface area is 145 Å². The van der Waals surface area contributed by atoms with Gasteiger partial charge in [0.2, 0.25) is 10.0 Å². The number of sulfonamides is 1. The highest BCUT2D eigenvalue weighted by molar-refractivity contribution is 7.89. The van der Waals surface area contributed by atoms with Crippen molar-refractivity contribution in [3.63, 3.8) is 0 Å². The minimum Gasteiger partial charge on any atom is -0.339 e. The highest BCUT2D eigenvalue weighted by Gasteiger charge is 2.21. The molecule has 1 fully saturated rings. The molecule has 6 heteroatoms. The Morgan fingerprint density at radius 3 is 2.08 bits per heavy atom. The SMILES string of the molecule is CCN(CC)C(=O)c1ccc(S(=O)(=O)NC2CCCCCC2)cc1. The van der Waals surface area contributed by atoms with Crippen molar-refractivity contribution in [2.45, 2.75) is 63.3 Å². The standard InChI is InChI=1S/C18H28N2O3S/c1-3-20(4-2)18(21)15-11-13-17(14-12-15)24(22,23)19-16-9-7-5-6-8-10-16/h11-14,16,19H,3-10H2,1-2H3. The van der Waals surface area contributed by atoms with Crippen LogP contribution >= 0.6 is 0 Å². The van der Waals surface area contributed by atoms with Crippen LogP contribution in [-0.4, -0.2) is 38.4 Å². The number of amides is 1. The first kappa shape index (κ1) is 18.9. The molecule has 5 nitrogen and oxygen atoms in total. The van der Waals surface area contributed by atoms with Gasteiger partial charge in [0, 0.05) is 24.7 Å². The van der Waals surface area contributed by atoms with Crippen LogP contribution in [-0.2, 0) is 10.0 Å². The van der Waals surface area contributed by atoms with Gasteiger partial charge in [-0.3, -0.25) is 4.79 Å². The van der Waals surface area contributed by atoms with Crippen LogP contribution in [0.4, 0.5) is 0 Å². The highest BCUT2D eigenvalue weighted by atomic mass is 32.2. The Balaban J connectivity index is 2.09. The van der Waals surface area contributed by atoms with Gasteiger partial charge in [0.1, 0.15) is 0 Å². The molecule has 1 aliphatic carbocycles. The molecular formula is C18H28N2O3S. The Hall–Kier alpha value is -1.40. The lowest BCUT2D eigenvalue weighted by Gasteiger charge is -2.19. The third-order valence-corrected chi connectivity index (χ3v) is 6.18. The van der Waals surface area contributed by atoms with E-state index in [1.165, 1.54) is 25.0 Å². The molecule has 0 saturated heterocycles. The Morgan fingerprint density at radius 2 is 1.58 bits per heavy atom. The van der Waals surface area contributed by atoms with Gasteiger partial charge in [0.05, 0.1) is 4.90 Å². The molecule has 134 valence electrons. The maximum absolute atomic E-state index is 12.5. The van der Waals surface area contributed by atoms with Crippen LogP contribution < -0.4 is 4.72 Å². The van der Waals surface area contributed by atoms with Gasteiger partial charge in [0.25, 0.3) is 5.91 Å². The van der Waals surface area contributed by atoms with Crippen molar-refractivity contribution in [1.82, 2.24) is 9.62 Å². The Morgan fingerprint density at radius 1 is 1.04 bits per heavy atom. The average Bonchev–Trinajstić information content (AvgIpc) is 2.84. The van der Waals surface area contributed by atoms with E-state index in [9.17, 15) is 13.2 Å². The van der Waals surface area contributed by atoms with Crippen LogP contribution in [0.3, 0.4) is 0 Å². The van der Waals surface area contributed by atoms with Gasteiger partial charge < -0.3 is 4.90 Å². The normalized spacial score (nSPS) is 16.6. The third kappa shape index (κ3) is 4.80. The topological polar surface area (TPSA) is 66.5 Å². The quantitative estimate of drug-likeness (QED) is 0.800. The van der Waals surface area contributed by atoms with E-state index in [0.717, 1.165) is 25.7 Å². The van der Waals surface area contributed by atoms with Crippen molar-refractivity contribution in [2.24, 2.45) is 0 Å². The van der Waals surface area contributed by atoms with Gasteiger partial charge in [-0.1, -0.05) is 25.7 Å². The predicted molar refractivity (Wildman–Crippen MR) is 95.5 cm³/mol. The molecule has 0 radical (unpaired) electrons. The Bertz CT molecular complexity index is 629. The number of nitrogens with zero attached hydrogens (tertiary/aromatic N) is 1. The van der Waals surface area contributed by atoms with Crippen LogP contribution in [0.25, 0.3) is 0 Å². The molecule has 0 aliphatic heterocycles. The second-order valence-corrected chi connectivity index (χ2v) is 8.03. The molecule has 1 aliphatic rings. The highest BCUT2D eigenvalue weighted by Crippen LogP contribution is 2.20. The first-order valence-corrected chi connectivity index (χ1v) is 10.4. The lowest BCUT2D eigenvalue weighted by Crippen LogP contribution is -2.34. The number of carbonyl (C=O) groups excluding carboxylic acids is 1. The molecule has 0 bridgehead atoms. The zero-order chi connectivity index (χ0) is 17.6. The summed E-state index contributed by atoms with van der Waals surface area (Å²) < 4.78 is 27.9. The second kappa shape index (κ2) is 8.62. The van der Waals surface area contributed by atoms with Crippen molar-refractivity contribution < 1.29 is 13.2 Å². The molecule has 1 aromatic carbocycles. The molecule has 0 unspecified atom stereocenters. The molecule has 1 saturated carbocycles. The van der Waals surface area contributed by atoms with Gasteiger partial charge >= 0.3 is 0 Å². The number of benzene rings is 1. The fourth-order valence-electron chi connectivity index (χ4n) is 3.15. The van der Waals surface area contributed by atoms with E-state index >= 15 is 0 Å². The van der Waals surface area contributed by atoms with Crippen LogP contribution in [0, 0.1) is 0 Å². The van der Waals surface area contributed by atoms with Crippen molar-refractivity contribution >= 4 is 15.9 Å². The molecule has 2 rings (SSSR count). The summed E-state index contributed by atoms with van der Waals surface area (Å²) in [5, 5.41) is 0. The molecule has 0 aromatic heterocycles. The van der Waals surface area contributed by atoms with Crippen molar-refractivity contribution in [3.8, 4) is 0 Å². The summed E-state index contributed by atoms with van der Waals surface area (Å²) in [6, 6.07) is 6.27. The number of hydrogen-bond acceptors (Lipinski definition) is 3. The molecule has 1 N–H and O–H groups in total.